The lowest BCUT2D eigenvalue weighted by atomic mass is 9.99. The smallest absolute Gasteiger partial charge is 0.335 e. The van der Waals surface area contributed by atoms with Gasteiger partial charge in [0, 0.05) is 24.8 Å². The van der Waals surface area contributed by atoms with E-state index in [-0.39, 0.29) is 23.7 Å². The molecule has 2 N–H and O–H groups in total. The second-order valence-electron chi connectivity index (χ2n) is 5.27. The summed E-state index contributed by atoms with van der Waals surface area (Å²) in [5.74, 6) is -0.362. The first-order valence-electron chi connectivity index (χ1n) is 6.56. The fraction of sp³-hybridized carbons (Fsp3) is 0.615. The molecule has 1 aromatic heterocycles. The molecule has 0 saturated carbocycles. The molecule has 4 nitrogen and oxygen atoms in total. The summed E-state index contributed by atoms with van der Waals surface area (Å²) in [5.41, 5.74) is 5.90. The second-order valence-corrected chi connectivity index (χ2v) is 5.27. The monoisotopic (exact) mass is 289 g/mol. The molecule has 7 heteroatoms. The number of aromatic nitrogens is 1. The topological polar surface area (TPSA) is 51.3 Å². The Morgan fingerprint density at radius 3 is 2.80 bits per heavy atom. The number of hydrogen-bond acceptors (Lipinski definition) is 2. The van der Waals surface area contributed by atoms with E-state index in [1.807, 2.05) is 6.92 Å². The number of carbonyl (C=O) groups is 1. The average molecular weight is 289 g/mol. The molecule has 0 bridgehead atoms. The first-order valence-corrected chi connectivity index (χ1v) is 6.56. The maximum absolute atomic E-state index is 12.5. The molecule has 2 rings (SSSR count). The molecular formula is C13H18F3N3O. The van der Waals surface area contributed by atoms with Crippen LogP contribution in [0.4, 0.5) is 13.2 Å². The lowest BCUT2D eigenvalue weighted by Gasteiger charge is -2.36. The van der Waals surface area contributed by atoms with E-state index in [9.17, 15) is 18.0 Å². The third kappa shape index (κ3) is 3.33. The summed E-state index contributed by atoms with van der Waals surface area (Å²) < 4.78 is 38.4. The van der Waals surface area contributed by atoms with Crippen LogP contribution in [0, 0.1) is 0 Å². The molecule has 112 valence electrons. The van der Waals surface area contributed by atoms with Crippen LogP contribution in [0.3, 0.4) is 0 Å². The van der Waals surface area contributed by atoms with Crippen LogP contribution in [-0.4, -0.2) is 40.2 Å². The van der Waals surface area contributed by atoms with Crippen molar-refractivity contribution < 1.29 is 18.0 Å². The standard InChI is InChI=1S/C13H18F3N3O/c1-9-7-10(17)4-6-19(9)12(20)11-3-2-5-18(11)8-13(14,15)16/h2-3,5,9-10H,4,6-8,17H2,1H3. The number of carbonyl (C=O) groups excluding carboxylic acids is 1. The van der Waals surface area contributed by atoms with Crippen molar-refractivity contribution in [3.8, 4) is 0 Å². The highest BCUT2D eigenvalue weighted by atomic mass is 19.4. The van der Waals surface area contributed by atoms with Gasteiger partial charge in [-0.2, -0.15) is 13.2 Å². The zero-order chi connectivity index (χ0) is 14.9. The number of hydrogen-bond donors (Lipinski definition) is 1. The highest BCUT2D eigenvalue weighted by molar-refractivity contribution is 5.93. The third-order valence-electron chi connectivity index (χ3n) is 3.58. The van der Waals surface area contributed by atoms with E-state index in [0.29, 0.717) is 19.4 Å². The molecule has 0 radical (unpaired) electrons. The van der Waals surface area contributed by atoms with Crippen molar-refractivity contribution in [2.24, 2.45) is 5.73 Å². The summed E-state index contributed by atoms with van der Waals surface area (Å²) in [5, 5.41) is 0. The molecule has 1 aromatic rings. The van der Waals surface area contributed by atoms with Gasteiger partial charge < -0.3 is 15.2 Å². The van der Waals surface area contributed by atoms with Gasteiger partial charge in [0.1, 0.15) is 12.2 Å². The van der Waals surface area contributed by atoms with E-state index >= 15 is 0 Å². The van der Waals surface area contributed by atoms with Crippen LogP contribution in [0.5, 0.6) is 0 Å². The zero-order valence-electron chi connectivity index (χ0n) is 11.2. The molecule has 0 aliphatic carbocycles. The summed E-state index contributed by atoms with van der Waals surface area (Å²) in [6, 6.07) is 2.88. The number of likely N-dealkylation sites (tertiary alicyclic amines) is 1. The first-order chi connectivity index (χ1) is 9.28. The van der Waals surface area contributed by atoms with E-state index < -0.39 is 12.7 Å². The van der Waals surface area contributed by atoms with Crippen molar-refractivity contribution in [2.45, 2.75) is 44.6 Å². The molecule has 1 fully saturated rings. The number of nitrogens with two attached hydrogens (primary N) is 1. The Bertz CT molecular complexity index is 483. The quantitative estimate of drug-likeness (QED) is 0.905. The third-order valence-corrected chi connectivity index (χ3v) is 3.58. The van der Waals surface area contributed by atoms with Gasteiger partial charge in [0.05, 0.1) is 0 Å². The minimum atomic E-state index is -4.34. The van der Waals surface area contributed by atoms with E-state index in [4.69, 9.17) is 5.73 Å². The predicted octanol–water partition coefficient (Wildman–Crippen LogP) is 2.00. The van der Waals surface area contributed by atoms with Crippen molar-refractivity contribution in [1.29, 1.82) is 0 Å². The molecule has 2 unspecified atom stereocenters. The van der Waals surface area contributed by atoms with Crippen LogP contribution in [0.25, 0.3) is 0 Å². The van der Waals surface area contributed by atoms with Gasteiger partial charge >= 0.3 is 6.18 Å². The van der Waals surface area contributed by atoms with Crippen molar-refractivity contribution in [1.82, 2.24) is 9.47 Å². The summed E-state index contributed by atoms with van der Waals surface area (Å²) in [7, 11) is 0. The predicted molar refractivity (Wildman–Crippen MR) is 68.2 cm³/mol. The van der Waals surface area contributed by atoms with Crippen LogP contribution in [0.15, 0.2) is 18.3 Å². The maximum Gasteiger partial charge on any atom is 0.406 e. The van der Waals surface area contributed by atoms with Gasteiger partial charge in [0.25, 0.3) is 5.91 Å². The van der Waals surface area contributed by atoms with Crippen LogP contribution in [-0.2, 0) is 6.54 Å². The molecule has 0 aromatic carbocycles. The number of alkyl halides is 3. The Morgan fingerprint density at radius 1 is 1.50 bits per heavy atom. The van der Waals surface area contributed by atoms with Gasteiger partial charge in [-0.1, -0.05) is 0 Å². The largest absolute Gasteiger partial charge is 0.406 e. The van der Waals surface area contributed by atoms with Crippen molar-refractivity contribution in [3.05, 3.63) is 24.0 Å². The molecule has 1 amide bonds. The number of nitrogens with zero attached hydrogens (tertiary/aromatic N) is 2. The van der Waals surface area contributed by atoms with Crippen LogP contribution < -0.4 is 5.73 Å². The Kier molecular flexibility index (Phi) is 4.08. The van der Waals surface area contributed by atoms with E-state index in [1.165, 1.54) is 18.3 Å². The number of amides is 1. The molecule has 1 saturated heterocycles. The lowest BCUT2D eigenvalue weighted by Crippen LogP contribution is -2.48. The molecule has 2 atom stereocenters. The SMILES string of the molecule is CC1CC(N)CCN1C(=O)c1cccn1CC(F)(F)F. The molecule has 20 heavy (non-hydrogen) atoms. The van der Waals surface area contributed by atoms with E-state index in [1.54, 1.807) is 4.90 Å². The second kappa shape index (κ2) is 5.47. The summed E-state index contributed by atoms with van der Waals surface area (Å²) in [6.07, 6.45) is -1.72. The average Bonchev–Trinajstić information content (AvgIpc) is 2.73. The Hall–Kier alpha value is -1.50. The van der Waals surface area contributed by atoms with Gasteiger partial charge in [0.15, 0.2) is 0 Å². The first kappa shape index (κ1) is 14.9. The Labute approximate surface area is 115 Å². The summed E-state index contributed by atoms with van der Waals surface area (Å²) in [6.45, 7) is 1.20. The van der Waals surface area contributed by atoms with Gasteiger partial charge in [0.2, 0.25) is 0 Å². The highest BCUT2D eigenvalue weighted by Crippen LogP contribution is 2.22. The molecule has 1 aliphatic rings. The van der Waals surface area contributed by atoms with Crippen molar-refractivity contribution in [3.63, 3.8) is 0 Å². The minimum absolute atomic E-state index is 0.0519. The Balaban J connectivity index is 2.15. The van der Waals surface area contributed by atoms with Crippen LogP contribution >= 0.6 is 0 Å². The minimum Gasteiger partial charge on any atom is -0.335 e. The molecule has 2 heterocycles. The zero-order valence-corrected chi connectivity index (χ0v) is 11.2. The number of halogens is 3. The van der Waals surface area contributed by atoms with Crippen LogP contribution in [0.2, 0.25) is 0 Å². The lowest BCUT2D eigenvalue weighted by molar-refractivity contribution is -0.140. The fourth-order valence-electron chi connectivity index (χ4n) is 2.60. The van der Waals surface area contributed by atoms with Gasteiger partial charge in [-0.05, 0) is 31.9 Å². The van der Waals surface area contributed by atoms with E-state index in [2.05, 4.69) is 0 Å². The number of piperidine rings is 1. The van der Waals surface area contributed by atoms with Crippen LogP contribution in [0.1, 0.15) is 30.3 Å². The van der Waals surface area contributed by atoms with Crippen molar-refractivity contribution in [2.75, 3.05) is 6.54 Å². The number of rotatable bonds is 2. The van der Waals surface area contributed by atoms with Crippen molar-refractivity contribution >= 4 is 5.91 Å². The molecule has 0 spiro atoms. The fourth-order valence-corrected chi connectivity index (χ4v) is 2.60. The maximum atomic E-state index is 12.5. The van der Waals surface area contributed by atoms with E-state index in [0.717, 1.165) is 4.57 Å². The summed E-state index contributed by atoms with van der Waals surface area (Å²) in [4.78, 5) is 14.0. The molecule has 1 aliphatic heterocycles. The normalized spacial score (nSPS) is 23.9. The van der Waals surface area contributed by atoms with Gasteiger partial charge in [-0.15, -0.1) is 0 Å². The van der Waals surface area contributed by atoms with Gasteiger partial charge in [-0.25, -0.2) is 0 Å². The Morgan fingerprint density at radius 2 is 2.20 bits per heavy atom. The van der Waals surface area contributed by atoms with Gasteiger partial charge in [-0.3, -0.25) is 4.79 Å². The molecular weight excluding hydrogens is 271 g/mol. The summed E-state index contributed by atoms with van der Waals surface area (Å²) >= 11 is 0. The highest BCUT2D eigenvalue weighted by Gasteiger charge is 2.32.